The van der Waals surface area contributed by atoms with Gasteiger partial charge in [0.2, 0.25) is 0 Å². The molecule has 0 fully saturated rings. The minimum atomic E-state index is -0.121. The van der Waals surface area contributed by atoms with Crippen LogP contribution in [0, 0.1) is 11.8 Å². The second kappa shape index (κ2) is 13.1. The van der Waals surface area contributed by atoms with Crippen LogP contribution in [0.25, 0.3) is 6.08 Å². The number of carbonyl (C=O) groups is 2. The van der Waals surface area contributed by atoms with Crippen molar-refractivity contribution in [3.05, 3.63) is 29.7 Å². The van der Waals surface area contributed by atoms with E-state index in [0.29, 0.717) is 24.4 Å². The van der Waals surface area contributed by atoms with Gasteiger partial charge in [-0.25, -0.2) is 0 Å². The van der Waals surface area contributed by atoms with Gasteiger partial charge in [-0.3, -0.25) is 9.59 Å². The lowest BCUT2D eigenvalue weighted by Crippen LogP contribution is -1.99. The summed E-state index contributed by atoms with van der Waals surface area (Å²) in [5.41, 5.74) is 0. The fourth-order valence-corrected chi connectivity index (χ4v) is 2.24. The Morgan fingerprint density at radius 1 is 1.12 bits per heavy atom. The second-order valence-electron chi connectivity index (χ2n) is 5.85. The molecule has 1 rings (SSSR count). The van der Waals surface area contributed by atoms with Gasteiger partial charge >= 0.3 is 5.97 Å². The molecule has 1 aromatic heterocycles. The summed E-state index contributed by atoms with van der Waals surface area (Å²) in [6.45, 7) is 1.83. The summed E-state index contributed by atoms with van der Waals surface area (Å²) in [4.78, 5) is 22.2. The highest BCUT2D eigenvalue weighted by atomic mass is 16.5. The number of allylic oxidation sites excluding steroid dienone is 1. The number of furan rings is 1. The highest BCUT2D eigenvalue weighted by molar-refractivity contribution is 5.92. The van der Waals surface area contributed by atoms with Crippen LogP contribution in [0.15, 0.2) is 22.6 Å². The summed E-state index contributed by atoms with van der Waals surface area (Å²) >= 11 is 0. The van der Waals surface area contributed by atoms with Crippen molar-refractivity contribution >= 4 is 17.8 Å². The molecule has 0 saturated heterocycles. The molecular formula is C21H28O4. The molecule has 0 aliphatic rings. The smallest absolute Gasteiger partial charge is 0.305 e. The number of hydrogen-bond donors (Lipinski definition) is 0. The molecule has 4 nitrogen and oxygen atoms in total. The SMILES string of the molecule is CCC(=O)/C=C/c1ccc(C#CCCCCCCCCC(=O)OC)o1. The molecule has 1 heterocycles. The number of unbranched alkanes of at least 4 members (excludes halogenated alkanes) is 6. The topological polar surface area (TPSA) is 56.5 Å². The lowest BCUT2D eigenvalue weighted by Gasteiger charge is -2.00. The van der Waals surface area contributed by atoms with Gasteiger partial charge in [0.1, 0.15) is 5.76 Å². The third-order valence-corrected chi connectivity index (χ3v) is 3.78. The van der Waals surface area contributed by atoms with Crippen LogP contribution in [0.2, 0.25) is 0 Å². The normalized spacial score (nSPS) is 10.5. The van der Waals surface area contributed by atoms with Crippen LogP contribution in [-0.4, -0.2) is 18.9 Å². The van der Waals surface area contributed by atoms with E-state index in [0.717, 1.165) is 38.5 Å². The summed E-state index contributed by atoms with van der Waals surface area (Å²) in [6.07, 6.45) is 11.6. The van der Waals surface area contributed by atoms with Gasteiger partial charge in [0, 0.05) is 19.3 Å². The Bertz CT molecular complexity index is 613. The first-order valence-electron chi connectivity index (χ1n) is 9.02. The predicted octanol–water partition coefficient (Wildman–Crippen LogP) is 4.92. The van der Waals surface area contributed by atoms with E-state index in [1.807, 2.05) is 19.1 Å². The van der Waals surface area contributed by atoms with Crippen LogP contribution in [0.1, 0.15) is 76.2 Å². The molecule has 0 N–H and O–H groups in total. The maximum Gasteiger partial charge on any atom is 0.305 e. The molecule has 136 valence electrons. The maximum absolute atomic E-state index is 11.2. The first-order valence-corrected chi connectivity index (χ1v) is 9.02. The van der Waals surface area contributed by atoms with Crippen molar-refractivity contribution in [3.8, 4) is 11.8 Å². The molecule has 0 atom stereocenters. The Morgan fingerprint density at radius 3 is 2.56 bits per heavy atom. The van der Waals surface area contributed by atoms with E-state index in [2.05, 4.69) is 16.6 Å². The third-order valence-electron chi connectivity index (χ3n) is 3.78. The lowest BCUT2D eigenvalue weighted by atomic mass is 10.1. The van der Waals surface area contributed by atoms with E-state index in [9.17, 15) is 9.59 Å². The molecule has 0 bridgehead atoms. The highest BCUT2D eigenvalue weighted by Crippen LogP contribution is 2.10. The van der Waals surface area contributed by atoms with Gasteiger partial charge in [-0.15, -0.1) is 0 Å². The Hall–Kier alpha value is -2.28. The Balaban J connectivity index is 2.11. The van der Waals surface area contributed by atoms with E-state index < -0.39 is 0 Å². The molecule has 0 amide bonds. The van der Waals surface area contributed by atoms with Crippen LogP contribution in [0.5, 0.6) is 0 Å². The second-order valence-corrected chi connectivity index (χ2v) is 5.85. The van der Waals surface area contributed by atoms with Crippen LogP contribution in [-0.2, 0) is 14.3 Å². The third kappa shape index (κ3) is 10.2. The molecule has 0 saturated carbocycles. The van der Waals surface area contributed by atoms with Crippen LogP contribution >= 0.6 is 0 Å². The first-order chi connectivity index (χ1) is 12.2. The zero-order chi connectivity index (χ0) is 18.3. The number of carbonyl (C=O) groups excluding carboxylic acids is 2. The molecule has 0 aliphatic carbocycles. The average molecular weight is 344 g/mol. The van der Waals surface area contributed by atoms with E-state index >= 15 is 0 Å². The average Bonchev–Trinajstić information content (AvgIpc) is 3.08. The molecule has 1 aromatic rings. The van der Waals surface area contributed by atoms with Crippen molar-refractivity contribution in [2.45, 2.75) is 64.7 Å². The quantitative estimate of drug-likeness (QED) is 0.247. The number of ether oxygens (including phenoxy) is 1. The summed E-state index contributed by atoms with van der Waals surface area (Å²) < 4.78 is 10.1. The number of rotatable bonds is 11. The van der Waals surface area contributed by atoms with Gasteiger partial charge < -0.3 is 9.15 Å². The molecular weight excluding hydrogens is 316 g/mol. The fraction of sp³-hybridized carbons (Fsp3) is 0.524. The van der Waals surface area contributed by atoms with Gasteiger partial charge in [-0.1, -0.05) is 38.5 Å². The first kappa shape index (κ1) is 20.8. The molecule has 0 spiro atoms. The van der Waals surface area contributed by atoms with E-state index in [1.54, 1.807) is 6.08 Å². The zero-order valence-corrected chi connectivity index (χ0v) is 15.3. The molecule has 4 heteroatoms. The van der Waals surface area contributed by atoms with Crippen LogP contribution in [0.4, 0.5) is 0 Å². The number of hydrogen-bond acceptors (Lipinski definition) is 4. The summed E-state index contributed by atoms with van der Waals surface area (Å²) in [5, 5.41) is 0. The minimum absolute atomic E-state index is 0.0781. The Kier molecular flexibility index (Phi) is 10.8. The van der Waals surface area contributed by atoms with Gasteiger partial charge in [0.15, 0.2) is 11.5 Å². The van der Waals surface area contributed by atoms with Crippen molar-refractivity contribution < 1.29 is 18.7 Å². The van der Waals surface area contributed by atoms with Gasteiger partial charge in [0.25, 0.3) is 0 Å². The summed E-state index contributed by atoms with van der Waals surface area (Å²) in [7, 11) is 1.43. The molecule has 0 aliphatic heterocycles. The van der Waals surface area contributed by atoms with E-state index in [4.69, 9.17) is 4.42 Å². The maximum atomic E-state index is 11.2. The number of ketones is 1. The zero-order valence-electron chi connectivity index (χ0n) is 15.3. The van der Waals surface area contributed by atoms with Crippen molar-refractivity contribution in [1.82, 2.24) is 0 Å². The van der Waals surface area contributed by atoms with Crippen molar-refractivity contribution in [2.24, 2.45) is 0 Å². The molecule has 0 unspecified atom stereocenters. The summed E-state index contributed by atoms with van der Waals surface area (Å²) in [5.74, 6) is 7.37. The van der Waals surface area contributed by atoms with Gasteiger partial charge in [-0.2, -0.15) is 0 Å². The monoisotopic (exact) mass is 344 g/mol. The predicted molar refractivity (Wildman–Crippen MR) is 98.9 cm³/mol. The largest absolute Gasteiger partial charge is 0.469 e. The Labute approximate surface area is 150 Å². The standard InChI is InChI=1S/C21H28O4/c1-3-18(22)14-15-20-17-16-19(25-20)12-10-8-6-4-5-7-9-11-13-21(23)24-2/h14-17H,3-9,11,13H2,1-2H3/b15-14+. The van der Waals surface area contributed by atoms with Crippen molar-refractivity contribution in [1.29, 1.82) is 0 Å². The molecule has 0 aromatic carbocycles. The number of methoxy groups -OCH3 is 1. The van der Waals surface area contributed by atoms with Gasteiger partial charge in [-0.05, 0) is 43.0 Å². The van der Waals surface area contributed by atoms with Gasteiger partial charge in [0.05, 0.1) is 7.11 Å². The Morgan fingerprint density at radius 2 is 1.84 bits per heavy atom. The van der Waals surface area contributed by atoms with Crippen molar-refractivity contribution in [3.63, 3.8) is 0 Å². The van der Waals surface area contributed by atoms with Crippen LogP contribution < -0.4 is 0 Å². The van der Waals surface area contributed by atoms with Crippen LogP contribution in [0.3, 0.4) is 0 Å². The summed E-state index contributed by atoms with van der Waals surface area (Å²) in [6, 6.07) is 3.64. The highest BCUT2D eigenvalue weighted by Gasteiger charge is 1.99. The number of esters is 1. The molecule has 25 heavy (non-hydrogen) atoms. The van der Waals surface area contributed by atoms with E-state index in [1.165, 1.54) is 19.6 Å². The van der Waals surface area contributed by atoms with E-state index in [-0.39, 0.29) is 11.8 Å². The minimum Gasteiger partial charge on any atom is -0.469 e. The molecule has 0 radical (unpaired) electrons. The van der Waals surface area contributed by atoms with Crippen molar-refractivity contribution in [2.75, 3.05) is 7.11 Å². The fourth-order valence-electron chi connectivity index (χ4n) is 2.24. The lowest BCUT2D eigenvalue weighted by molar-refractivity contribution is -0.140.